The summed E-state index contributed by atoms with van der Waals surface area (Å²) in [6, 6.07) is 6.03. The molecule has 0 saturated carbocycles. The second-order valence-corrected chi connectivity index (χ2v) is 4.95. The predicted molar refractivity (Wildman–Crippen MR) is 83.0 cm³/mol. The molecule has 0 aliphatic rings. The van der Waals surface area contributed by atoms with Gasteiger partial charge in [0.1, 0.15) is 5.75 Å². The molecule has 0 amide bonds. The summed E-state index contributed by atoms with van der Waals surface area (Å²) in [7, 11) is 0. The molecule has 1 aromatic carbocycles. The molecule has 0 saturated heterocycles. The molecular formula is C17H23ClO. The first-order valence-corrected chi connectivity index (χ1v) is 7.59. The summed E-state index contributed by atoms with van der Waals surface area (Å²) in [5.41, 5.74) is 2.13. The van der Waals surface area contributed by atoms with Gasteiger partial charge in [0.2, 0.25) is 0 Å². The van der Waals surface area contributed by atoms with E-state index in [1.807, 2.05) is 18.2 Å². The molecule has 0 N–H and O–H groups in total. The maximum atomic E-state index is 5.80. The Kier molecular flexibility index (Phi) is 8.18. The lowest BCUT2D eigenvalue weighted by atomic mass is 10.1. The number of benzene rings is 1. The summed E-state index contributed by atoms with van der Waals surface area (Å²) < 4.78 is 5.80. The molecule has 0 atom stereocenters. The lowest BCUT2D eigenvalue weighted by Gasteiger charge is -2.09. The molecule has 0 unspecified atom stereocenters. The Morgan fingerprint density at radius 3 is 2.63 bits per heavy atom. The van der Waals surface area contributed by atoms with Crippen molar-refractivity contribution in [1.29, 1.82) is 0 Å². The Morgan fingerprint density at radius 1 is 1.16 bits per heavy atom. The topological polar surface area (TPSA) is 9.23 Å². The maximum Gasteiger partial charge on any atom is 0.122 e. The van der Waals surface area contributed by atoms with Crippen molar-refractivity contribution in [2.45, 2.75) is 46.0 Å². The van der Waals surface area contributed by atoms with Crippen molar-refractivity contribution in [1.82, 2.24) is 0 Å². The molecule has 0 bridgehead atoms. The number of rotatable bonds is 7. The predicted octanol–water partition coefficient (Wildman–Crippen LogP) is 4.93. The molecule has 0 radical (unpaired) electrons. The van der Waals surface area contributed by atoms with Gasteiger partial charge in [-0.25, -0.2) is 0 Å². The first kappa shape index (κ1) is 15.9. The van der Waals surface area contributed by atoms with E-state index in [2.05, 4.69) is 25.7 Å². The van der Waals surface area contributed by atoms with E-state index in [0.29, 0.717) is 5.88 Å². The van der Waals surface area contributed by atoms with Crippen LogP contribution in [0.1, 0.15) is 50.2 Å². The van der Waals surface area contributed by atoms with Gasteiger partial charge in [0.15, 0.2) is 0 Å². The minimum atomic E-state index is 0.370. The Hall–Kier alpha value is -1.13. The van der Waals surface area contributed by atoms with E-state index in [0.717, 1.165) is 29.9 Å². The molecule has 19 heavy (non-hydrogen) atoms. The zero-order chi connectivity index (χ0) is 13.9. The molecule has 0 fully saturated rings. The maximum absolute atomic E-state index is 5.80. The molecule has 0 aromatic heterocycles. The fourth-order valence-corrected chi connectivity index (χ4v) is 1.98. The van der Waals surface area contributed by atoms with Crippen LogP contribution in [-0.4, -0.2) is 12.5 Å². The van der Waals surface area contributed by atoms with E-state index in [1.165, 1.54) is 25.7 Å². The largest absolute Gasteiger partial charge is 0.493 e. The van der Waals surface area contributed by atoms with Gasteiger partial charge in [-0.2, -0.15) is 0 Å². The first-order chi connectivity index (χ1) is 9.27. The highest BCUT2D eigenvalue weighted by atomic mass is 35.5. The van der Waals surface area contributed by atoms with Crippen molar-refractivity contribution in [3.63, 3.8) is 0 Å². The molecule has 1 aromatic rings. The van der Waals surface area contributed by atoms with Crippen LogP contribution >= 0.6 is 11.6 Å². The summed E-state index contributed by atoms with van der Waals surface area (Å²) >= 11 is 5.54. The average Bonchev–Trinajstić information content (AvgIpc) is 2.42. The van der Waals surface area contributed by atoms with Gasteiger partial charge in [-0.05, 0) is 37.1 Å². The van der Waals surface area contributed by atoms with E-state index in [-0.39, 0.29) is 0 Å². The number of hydrogen-bond acceptors (Lipinski definition) is 1. The minimum absolute atomic E-state index is 0.370. The molecule has 0 aliphatic carbocycles. The lowest BCUT2D eigenvalue weighted by molar-refractivity contribution is 0.302. The van der Waals surface area contributed by atoms with Gasteiger partial charge in [0.05, 0.1) is 12.5 Å². The van der Waals surface area contributed by atoms with Crippen molar-refractivity contribution in [2.24, 2.45) is 0 Å². The molecule has 0 aliphatic heterocycles. The molecule has 0 heterocycles. The minimum Gasteiger partial charge on any atom is -0.493 e. The Balaban J connectivity index is 2.38. The highest BCUT2D eigenvalue weighted by Crippen LogP contribution is 2.19. The van der Waals surface area contributed by atoms with Crippen LogP contribution in [0.4, 0.5) is 0 Å². The summed E-state index contributed by atoms with van der Waals surface area (Å²) in [5, 5.41) is 0. The zero-order valence-electron chi connectivity index (χ0n) is 12.0. The average molecular weight is 279 g/mol. The van der Waals surface area contributed by atoms with Crippen LogP contribution < -0.4 is 4.74 Å². The van der Waals surface area contributed by atoms with Gasteiger partial charge < -0.3 is 4.74 Å². The van der Waals surface area contributed by atoms with Crippen molar-refractivity contribution >= 4 is 11.6 Å². The highest BCUT2D eigenvalue weighted by molar-refractivity contribution is 6.19. The van der Waals surface area contributed by atoms with Crippen LogP contribution in [0.15, 0.2) is 18.2 Å². The zero-order valence-corrected chi connectivity index (χ0v) is 12.7. The molecule has 0 spiro atoms. The summed E-state index contributed by atoms with van der Waals surface area (Å²) in [4.78, 5) is 0. The van der Waals surface area contributed by atoms with E-state index < -0.39 is 0 Å². The second-order valence-electron chi connectivity index (χ2n) is 4.68. The SMILES string of the molecule is CCCCCCCOc1ccc(C#CCCl)cc1C. The molecule has 2 heteroatoms. The Morgan fingerprint density at radius 2 is 1.95 bits per heavy atom. The van der Waals surface area contributed by atoms with E-state index >= 15 is 0 Å². The summed E-state index contributed by atoms with van der Waals surface area (Å²) in [6.07, 6.45) is 6.31. The Labute approximate surface area is 122 Å². The van der Waals surface area contributed by atoms with Crippen LogP contribution in [0.3, 0.4) is 0 Å². The van der Waals surface area contributed by atoms with Gasteiger partial charge in [-0.3, -0.25) is 0 Å². The third-order valence-corrected chi connectivity index (χ3v) is 3.11. The van der Waals surface area contributed by atoms with Crippen LogP contribution in [0.5, 0.6) is 5.75 Å². The van der Waals surface area contributed by atoms with Gasteiger partial charge in [0, 0.05) is 5.56 Å². The van der Waals surface area contributed by atoms with E-state index in [1.54, 1.807) is 0 Å². The van der Waals surface area contributed by atoms with Crippen LogP contribution in [0.2, 0.25) is 0 Å². The molecule has 104 valence electrons. The van der Waals surface area contributed by atoms with Crippen molar-refractivity contribution < 1.29 is 4.74 Å². The third kappa shape index (κ3) is 6.55. The summed E-state index contributed by atoms with van der Waals surface area (Å²) in [5.74, 6) is 7.21. The number of ether oxygens (including phenoxy) is 1. The number of halogens is 1. The quantitative estimate of drug-likeness (QED) is 0.390. The lowest BCUT2D eigenvalue weighted by Crippen LogP contribution is -1.99. The highest BCUT2D eigenvalue weighted by Gasteiger charge is 2.00. The molecule has 1 rings (SSSR count). The fraction of sp³-hybridized carbons (Fsp3) is 0.529. The second kappa shape index (κ2) is 9.75. The normalized spacial score (nSPS) is 9.84. The van der Waals surface area contributed by atoms with Crippen molar-refractivity contribution in [2.75, 3.05) is 12.5 Å². The third-order valence-electron chi connectivity index (χ3n) is 2.98. The van der Waals surface area contributed by atoms with Crippen molar-refractivity contribution in [3.8, 4) is 17.6 Å². The number of alkyl halides is 1. The van der Waals surface area contributed by atoms with Crippen molar-refractivity contribution in [3.05, 3.63) is 29.3 Å². The van der Waals surface area contributed by atoms with Crippen LogP contribution in [0, 0.1) is 18.8 Å². The van der Waals surface area contributed by atoms with Crippen LogP contribution in [-0.2, 0) is 0 Å². The van der Waals surface area contributed by atoms with Crippen LogP contribution in [0.25, 0.3) is 0 Å². The standard InChI is InChI=1S/C17H23ClO/c1-3-4-5-6-7-13-19-17-11-10-16(9-8-12-18)14-15(17)2/h10-11,14H,3-7,12-13H2,1-2H3. The van der Waals surface area contributed by atoms with E-state index in [9.17, 15) is 0 Å². The number of aryl methyl sites for hydroxylation is 1. The number of unbranched alkanes of at least 4 members (excludes halogenated alkanes) is 4. The van der Waals surface area contributed by atoms with E-state index in [4.69, 9.17) is 16.3 Å². The number of hydrogen-bond donors (Lipinski definition) is 0. The van der Waals surface area contributed by atoms with Gasteiger partial charge in [0.25, 0.3) is 0 Å². The fourth-order valence-electron chi connectivity index (χ4n) is 1.91. The van der Waals surface area contributed by atoms with Gasteiger partial charge in [-0.1, -0.05) is 44.4 Å². The summed E-state index contributed by atoms with van der Waals surface area (Å²) in [6.45, 7) is 5.09. The van der Waals surface area contributed by atoms with Gasteiger partial charge >= 0.3 is 0 Å². The smallest absolute Gasteiger partial charge is 0.122 e. The molecule has 1 nitrogen and oxygen atoms in total. The first-order valence-electron chi connectivity index (χ1n) is 7.06. The Bertz CT molecular complexity index is 429. The van der Waals surface area contributed by atoms with Gasteiger partial charge in [-0.15, -0.1) is 11.6 Å². The monoisotopic (exact) mass is 278 g/mol. The molecular weight excluding hydrogens is 256 g/mol.